The van der Waals surface area contributed by atoms with Gasteiger partial charge in [0.05, 0.1) is 32.0 Å². The molecule has 1 aliphatic heterocycles. The predicted octanol–water partition coefficient (Wildman–Crippen LogP) is 10.4. The van der Waals surface area contributed by atoms with Crippen LogP contribution in [0.25, 0.3) is 0 Å². The maximum absolute atomic E-state index is 12.9. The molecule has 1 aliphatic rings. The first-order chi connectivity index (χ1) is 30.7. The zero-order chi connectivity index (χ0) is 46.0. The minimum atomic E-state index is -1.59. The van der Waals surface area contributed by atoms with Gasteiger partial charge in [-0.1, -0.05) is 192 Å². The third kappa shape index (κ3) is 33.1. The smallest absolute Gasteiger partial charge is 0.305 e. The summed E-state index contributed by atoms with van der Waals surface area (Å²) in [6.07, 6.45) is 39.6. The molecule has 0 aromatic rings. The highest BCUT2D eigenvalue weighted by Gasteiger charge is 2.44. The lowest BCUT2D eigenvalue weighted by Crippen LogP contribution is -2.60. The molecule has 368 valence electrons. The summed E-state index contributed by atoms with van der Waals surface area (Å²) in [7, 11) is 0. The van der Waals surface area contributed by atoms with Gasteiger partial charge in [-0.05, 0) is 51.4 Å². The van der Waals surface area contributed by atoms with E-state index in [0.717, 1.165) is 70.6 Å². The summed E-state index contributed by atoms with van der Waals surface area (Å²) in [5.41, 5.74) is 0. The molecular formula is C52H95NO10. The highest BCUT2D eigenvalue weighted by Crippen LogP contribution is 2.23. The first-order valence-electron chi connectivity index (χ1n) is 25.8. The highest BCUT2D eigenvalue weighted by molar-refractivity contribution is 5.76. The molecule has 1 rings (SSSR count). The fourth-order valence-electron chi connectivity index (χ4n) is 7.84. The number of ether oxygens (including phenoxy) is 3. The summed E-state index contributed by atoms with van der Waals surface area (Å²) in [6.45, 7) is 4.20. The molecule has 11 heteroatoms. The molecule has 0 spiro atoms. The fourth-order valence-corrected chi connectivity index (χ4v) is 7.84. The van der Waals surface area contributed by atoms with Crippen LogP contribution >= 0.6 is 0 Å². The van der Waals surface area contributed by atoms with Crippen molar-refractivity contribution in [2.45, 2.75) is 262 Å². The second kappa shape index (κ2) is 42.5. The Morgan fingerprint density at radius 1 is 0.587 bits per heavy atom. The Morgan fingerprint density at radius 2 is 1.08 bits per heavy atom. The Bertz CT molecular complexity index is 1150. The Kier molecular flexibility index (Phi) is 39.7. The number of carbonyl (C=O) groups is 2. The lowest BCUT2D eigenvalue weighted by molar-refractivity contribution is -0.302. The maximum atomic E-state index is 12.9. The van der Waals surface area contributed by atoms with Gasteiger partial charge in [-0.2, -0.15) is 0 Å². The zero-order valence-corrected chi connectivity index (χ0v) is 40.0. The topological polar surface area (TPSA) is 175 Å². The summed E-state index contributed by atoms with van der Waals surface area (Å²) in [6, 6.07) is -0.852. The molecule has 1 heterocycles. The number of nitrogens with one attached hydrogen (secondary N) is 1. The Labute approximate surface area is 383 Å². The first-order valence-corrected chi connectivity index (χ1v) is 25.8. The largest absolute Gasteiger partial charge is 0.466 e. The minimum absolute atomic E-state index is 0.0387. The lowest BCUT2D eigenvalue weighted by Gasteiger charge is -2.40. The van der Waals surface area contributed by atoms with Gasteiger partial charge in [0.1, 0.15) is 24.4 Å². The molecule has 6 N–H and O–H groups in total. The summed E-state index contributed by atoms with van der Waals surface area (Å²) in [5, 5.41) is 54.0. The quantitative estimate of drug-likeness (QED) is 0.0196. The average molecular weight is 894 g/mol. The number of unbranched alkanes of at least 4 members (excludes halogenated alkanes) is 25. The third-order valence-electron chi connectivity index (χ3n) is 12.0. The van der Waals surface area contributed by atoms with Crippen LogP contribution in [-0.4, -0.2) is 100 Å². The highest BCUT2D eigenvalue weighted by atomic mass is 16.7. The number of hydrogen-bond acceptors (Lipinski definition) is 10. The van der Waals surface area contributed by atoms with Gasteiger partial charge >= 0.3 is 5.97 Å². The molecule has 0 bridgehead atoms. The molecule has 1 saturated heterocycles. The van der Waals surface area contributed by atoms with Crippen LogP contribution in [0.3, 0.4) is 0 Å². The van der Waals surface area contributed by atoms with E-state index in [1.807, 2.05) is 18.2 Å². The first kappa shape index (κ1) is 58.9. The average Bonchev–Trinajstić information content (AvgIpc) is 3.28. The van der Waals surface area contributed by atoms with Crippen molar-refractivity contribution in [3.63, 3.8) is 0 Å². The molecule has 1 fully saturated rings. The zero-order valence-electron chi connectivity index (χ0n) is 40.0. The third-order valence-corrected chi connectivity index (χ3v) is 12.0. The van der Waals surface area contributed by atoms with Crippen molar-refractivity contribution in [1.82, 2.24) is 5.32 Å². The normalized spacial score (nSPS) is 20.3. The van der Waals surface area contributed by atoms with Gasteiger partial charge in [0.15, 0.2) is 6.29 Å². The van der Waals surface area contributed by atoms with Crippen LogP contribution in [0.15, 0.2) is 36.5 Å². The standard InChI is InChI=1S/C52H95NO10/c1-3-5-7-9-11-13-14-16-20-24-28-32-36-40-48(57)61-41-37-33-29-25-21-18-15-17-19-23-27-31-35-39-47(56)53-44(45(55)38-34-30-26-22-12-10-8-6-4-2)43-62-52-51(60)50(59)49(58)46(42-54)63-52/h17,19,27,31,34,38,44-46,49-52,54-55,58-60H,3-16,18,20-26,28-30,32-33,35-37,39-43H2,1-2H3,(H,53,56)/b19-17-,31-27-,38-34+. The van der Waals surface area contributed by atoms with Crippen LogP contribution in [0, 0.1) is 0 Å². The molecule has 0 aliphatic carbocycles. The second-order valence-electron chi connectivity index (χ2n) is 17.9. The van der Waals surface area contributed by atoms with E-state index in [1.54, 1.807) is 6.08 Å². The number of rotatable bonds is 43. The molecule has 63 heavy (non-hydrogen) atoms. The van der Waals surface area contributed by atoms with E-state index in [0.29, 0.717) is 19.4 Å². The summed E-state index contributed by atoms with van der Waals surface area (Å²) in [4.78, 5) is 24.9. The number of aliphatic hydroxyl groups is 5. The second-order valence-corrected chi connectivity index (χ2v) is 17.9. The van der Waals surface area contributed by atoms with E-state index in [1.165, 1.54) is 116 Å². The van der Waals surface area contributed by atoms with Crippen molar-refractivity contribution in [1.29, 1.82) is 0 Å². The molecular weight excluding hydrogens is 799 g/mol. The molecule has 1 amide bonds. The van der Waals surface area contributed by atoms with Crippen molar-refractivity contribution in [3.8, 4) is 0 Å². The van der Waals surface area contributed by atoms with Crippen LogP contribution < -0.4 is 5.32 Å². The monoisotopic (exact) mass is 894 g/mol. The van der Waals surface area contributed by atoms with Crippen molar-refractivity contribution >= 4 is 11.9 Å². The number of amides is 1. The minimum Gasteiger partial charge on any atom is -0.466 e. The molecule has 0 aromatic carbocycles. The van der Waals surface area contributed by atoms with Gasteiger partial charge in [-0.15, -0.1) is 0 Å². The van der Waals surface area contributed by atoms with Crippen LogP contribution in [0.2, 0.25) is 0 Å². The Hall–Kier alpha value is -2.12. The molecule has 7 atom stereocenters. The number of carbonyl (C=O) groups excluding carboxylic acids is 2. The molecule has 0 saturated carbocycles. The molecule has 0 radical (unpaired) electrons. The SMILES string of the molecule is CCCCCCCCC/C=C/C(O)C(COC1OC(CO)C(O)C(O)C1O)NC(=O)CC/C=C\C/C=C\CCCCCCCCOC(=O)CCCCCCCCCCCCCCC. The number of hydrogen-bond donors (Lipinski definition) is 6. The number of esters is 1. The van der Waals surface area contributed by atoms with E-state index in [4.69, 9.17) is 14.2 Å². The van der Waals surface area contributed by atoms with Gasteiger partial charge in [0.25, 0.3) is 0 Å². The molecule has 0 aromatic heterocycles. The summed E-state index contributed by atoms with van der Waals surface area (Å²) >= 11 is 0. The van der Waals surface area contributed by atoms with Crippen LogP contribution in [0.4, 0.5) is 0 Å². The van der Waals surface area contributed by atoms with Gasteiger partial charge in [0.2, 0.25) is 5.91 Å². The number of allylic oxidation sites excluding steroid dienone is 5. The lowest BCUT2D eigenvalue weighted by atomic mass is 9.99. The van der Waals surface area contributed by atoms with Gasteiger partial charge in [0, 0.05) is 12.8 Å². The van der Waals surface area contributed by atoms with E-state index in [2.05, 4.69) is 31.3 Å². The van der Waals surface area contributed by atoms with E-state index < -0.39 is 49.5 Å². The maximum Gasteiger partial charge on any atom is 0.305 e. The predicted molar refractivity (Wildman–Crippen MR) is 255 cm³/mol. The van der Waals surface area contributed by atoms with Crippen LogP contribution in [0.5, 0.6) is 0 Å². The van der Waals surface area contributed by atoms with E-state index >= 15 is 0 Å². The summed E-state index contributed by atoms with van der Waals surface area (Å²) in [5.74, 6) is -0.304. The van der Waals surface area contributed by atoms with Crippen molar-refractivity contribution < 1.29 is 49.3 Å². The summed E-state index contributed by atoms with van der Waals surface area (Å²) < 4.78 is 16.6. The number of aliphatic hydroxyl groups excluding tert-OH is 5. The Morgan fingerprint density at radius 3 is 1.63 bits per heavy atom. The van der Waals surface area contributed by atoms with Crippen molar-refractivity contribution in [2.75, 3.05) is 19.8 Å². The van der Waals surface area contributed by atoms with Gasteiger partial charge in [-0.25, -0.2) is 0 Å². The van der Waals surface area contributed by atoms with Crippen molar-refractivity contribution in [3.05, 3.63) is 36.5 Å². The van der Waals surface area contributed by atoms with Gasteiger partial charge in [-0.3, -0.25) is 9.59 Å². The Balaban J connectivity index is 2.18. The van der Waals surface area contributed by atoms with E-state index in [-0.39, 0.29) is 24.9 Å². The van der Waals surface area contributed by atoms with Crippen molar-refractivity contribution in [2.24, 2.45) is 0 Å². The van der Waals surface area contributed by atoms with Crippen LogP contribution in [0.1, 0.15) is 219 Å². The van der Waals surface area contributed by atoms with Crippen LogP contribution in [-0.2, 0) is 23.8 Å². The fraction of sp³-hybridized carbons (Fsp3) is 0.846. The van der Waals surface area contributed by atoms with Gasteiger partial charge < -0.3 is 45.1 Å². The van der Waals surface area contributed by atoms with E-state index in [9.17, 15) is 35.1 Å². The molecule has 7 unspecified atom stereocenters. The molecule has 11 nitrogen and oxygen atoms in total.